The second kappa shape index (κ2) is 17.2. The van der Waals surface area contributed by atoms with E-state index in [-0.39, 0.29) is 0 Å². The molecule has 0 saturated carbocycles. The van der Waals surface area contributed by atoms with Gasteiger partial charge in [-0.05, 0) is 31.2 Å². The summed E-state index contributed by atoms with van der Waals surface area (Å²) in [5, 5.41) is 15.8. The van der Waals surface area contributed by atoms with Crippen LogP contribution < -0.4 is 22.9 Å². The molecule has 12 N–H and O–H groups in total. The van der Waals surface area contributed by atoms with E-state index in [4.69, 9.17) is 33.1 Å². The van der Waals surface area contributed by atoms with Crippen LogP contribution in [0.5, 0.6) is 0 Å². The van der Waals surface area contributed by atoms with Gasteiger partial charge in [0.1, 0.15) is 29.8 Å². The number of pyridine rings is 2. The van der Waals surface area contributed by atoms with Crippen LogP contribution in [0.25, 0.3) is 22.3 Å². The number of fused-ring (bicyclic) bond motifs is 2. The van der Waals surface area contributed by atoms with Gasteiger partial charge in [0.25, 0.3) is 0 Å². The zero-order valence-electron chi connectivity index (χ0n) is 23.0. The minimum absolute atomic E-state index is 0.433. The van der Waals surface area contributed by atoms with Crippen molar-refractivity contribution in [2.75, 3.05) is 11.5 Å². The highest BCUT2D eigenvalue weighted by atomic mass is 16.4. The third kappa shape index (κ3) is 11.1. The summed E-state index contributed by atoms with van der Waals surface area (Å²) < 4.78 is 0. The average molecular weight is 605 g/mol. The maximum atomic E-state index is 10.4. The smallest absolute Gasteiger partial charge is 0.332 e. The molecule has 0 spiro atoms. The van der Waals surface area contributed by atoms with E-state index in [2.05, 4.69) is 49.8 Å². The van der Waals surface area contributed by atoms with Crippen LogP contribution in [0.2, 0.25) is 0 Å². The minimum atomic E-state index is -1.23. The van der Waals surface area contributed by atoms with Crippen molar-refractivity contribution < 1.29 is 24.6 Å². The molecular formula is C25H28N14O5. The highest BCUT2D eigenvalue weighted by Crippen LogP contribution is 2.10. The molecule has 6 aromatic rings. The molecule has 0 aliphatic carbocycles. The number of carbonyl (C=O) groups excluding carboxylic acids is 2. The van der Waals surface area contributed by atoms with E-state index >= 15 is 0 Å². The van der Waals surface area contributed by atoms with Crippen LogP contribution in [-0.4, -0.2) is 83.9 Å². The number of nitrogens with one attached hydrogen (secondary N) is 2. The number of aromatic nitrogens is 10. The maximum absolute atomic E-state index is 10.4. The number of hydrogen-bond acceptors (Lipinski definition) is 14. The number of rotatable bonds is 3. The van der Waals surface area contributed by atoms with E-state index in [1.165, 1.54) is 44.6 Å². The monoisotopic (exact) mass is 604 g/mol. The summed E-state index contributed by atoms with van der Waals surface area (Å²) in [5.41, 5.74) is 24.3. The van der Waals surface area contributed by atoms with Crippen LogP contribution in [-0.2, 0) is 4.79 Å². The number of aliphatic hydroxyl groups is 1. The number of aromatic amines is 2. The molecule has 0 aliphatic heterocycles. The van der Waals surface area contributed by atoms with Gasteiger partial charge in [0.15, 0.2) is 22.9 Å². The van der Waals surface area contributed by atoms with Gasteiger partial charge in [-0.1, -0.05) is 0 Å². The summed E-state index contributed by atoms with van der Waals surface area (Å²) in [6.07, 6.45) is 10.7. The van der Waals surface area contributed by atoms with Gasteiger partial charge in [-0.2, -0.15) is 0 Å². The fraction of sp³-hybridized carbons (Fsp3) is 0.0800. The fourth-order valence-electron chi connectivity index (χ4n) is 2.58. The molecule has 0 saturated heterocycles. The number of amides is 2. The number of hydrogen-bond donors (Lipinski definition) is 8. The van der Waals surface area contributed by atoms with Gasteiger partial charge in [0, 0.05) is 24.8 Å². The number of nitrogens with two attached hydrogens (primary N) is 4. The predicted molar refractivity (Wildman–Crippen MR) is 157 cm³/mol. The van der Waals surface area contributed by atoms with Crippen LogP contribution in [0.1, 0.15) is 27.6 Å². The number of carbonyl (C=O) groups is 3. The van der Waals surface area contributed by atoms with Crippen molar-refractivity contribution in [2.24, 2.45) is 11.5 Å². The fourth-order valence-corrected chi connectivity index (χ4v) is 2.58. The van der Waals surface area contributed by atoms with Gasteiger partial charge < -0.3 is 43.1 Å². The maximum Gasteiger partial charge on any atom is 0.332 e. The molecule has 44 heavy (non-hydrogen) atoms. The highest BCUT2D eigenvalue weighted by Gasteiger charge is 2.02. The quantitative estimate of drug-likeness (QED) is 0.128. The number of carboxylic acids is 1. The van der Waals surface area contributed by atoms with Gasteiger partial charge in [0.05, 0.1) is 23.8 Å². The Hall–Kier alpha value is -6.63. The summed E-state index contributed by atoms with van der Waals surface area (Å²) in [5.74, 6) is -1.20. The van der Waals surface area contributed by atoms with E-state index < -0.39 is 23.9 Å². The van der Waals surface area contributed by atoms with Crippen molar-refractivity contribution in [1.82, 2.24) is 49.8 Å². The number of nitrogen functional groups attached to an aromatic ring is 2. The lowest BCUT2D eigenvalue weighted by molar-refractivity contribution is -0.145. The number of imidazole rings is 2. The summed E-state index contributed by atoms with van der Waals surface area (Å²) in [7, 11) is 0. The van der Waals surface area contributed by atoms with E-state index in [1.807, 2.05) is 0 Å². The van der Waals surface area contributed by atoms with E-state index in [0.717, 1.165) is 0 Å². The second-order valence-corrected chi connectivity index (χ2v) is 7.95. The van der Waals surface area contributed by atoms with Gasteiger partial charge >= 0.3 is 5.97 Å². The Bertz CT molecular complexity index is 1640. The Morgan fingerprint density at radius 3 is 1.36 bits per heavy atom. The van der Waals surface area contributed by atoms with E-state index in [1.54, 1.807) is 36.7 Å². The number of aliphatic hydroxyl groups excluding tert-OH is 1. The van der Waals surface area contributed by atoms with Crippen LogP contribution >= 0.6 is 0 Å². The first-order valence-corrected chi connectivity index (χ1v) is 12.1. The first-order chi connectivity index (χ1) is 21.0. The van der Waals surface area contributed by atoms with Crippen molar-refractivity contribution in [3.05, 3.63) is 85.5 Å². The van der Waals surface area contributed by atoms with Crippen molar-refractivity contribution in [1.29, 1.82) is 0 Å². The zero-order chi connectivity index (χ0) is 32.5. The molecule has 6 heterocycles. The summed E-state index contributed by atoms with van der Waals surface area (Å²) >= 11 is 0. The van der Waals surface area contributed by atoms with E-state index in [0.29, 0.717) is 45.1 Å². The lowest BCUT2D eigenvalue weighted by Gasteiger charge is -1.89. The molecule has 228 valence electrons. The van der Waals surface area contributed by atoms with Gasteiger partial charge in [-0.15, -0.1) is 0 Å². The summed E-state index contributed by atoms with van der Waals surface area (Å²) in [6.45, 7) is 1.20. The van der Waals surface area contributed by atoms with Crippen molar-refractivity contribution >= 4 is 51.7 Å². The molecule has 19 heteroatoms. The van der Waals surface area contributed by atoms with Crippen molar-refractivity contribution in [3.63, 3.8) is 0 Å². The summed E-state index contributed by atoms with van der Waals surface area (Å²) in [4.78, 5) is 66.4. The van der Waals surface area contributed by atoms with E-state index in [9.17, 15) is 14.4 Å². The average Bonchev–Trinajstić information content (AvgIpc) is 3.71. The van der Waals surface area contributed by atoms with Crippen LogP contribution in [0.15, 0.2) is 74.4 Å². The van der Waals surface area contributed by atoms with Gasteiger partial charge in [-0.3, -0.25) is 19.6 Å². The Morgan fingerprint density at radius 1 is 0.727 bits per heavy atom. The third-order valence-electron chi connectivity index (χ3n) is 4.75. The Kier molecular flexibility index (Phi) is 13.2. The van der Waals surface area contributed by atoms with Gasteiger partial charge in [-0.25, -0.2) is 34.7 Å². The highest BCUT2D eigenvalue weighted by molar-refractivity contribution is 5.92. The lowest BCUT2D eigenvalue weighted by atomic mass is 10.3. The molecule has 0 radical (unpaired) electrons. The second-order valence-electron chi connectivity index (χ2n) is 7.95. The number of primary amides is 2. The molecule has 2 amide bonds. The molecule has 6 aromatic heterocycles. The standard InChI is InChI=1S/2C6H6N2O.2C5H5N5.C3H6O3/c2*7-6(9)5-2-1-3-8-4-5;2*6-4-3-5(9-1-7-3)10-2-8-4;1-2(4)3(5)6/h2*1-4H,(H2,7,9);2*1-2H,(H3,6,7,8,9,10);2,4H,1H3,(H,5,6). The number of anilines is 2. The molecule has 1 unspecified atom stereocenters. The molecule has 0 aliphatic rings. The first-order valence-electron chi connectivity index (χ1n) is 12.1. The molecule has 6 rings (SSSR count). The molecule has 0 fully saturated rings. The summed E-state index contributed by atoms with van der Waals surface area (Å²) in [6, 6.07) is 6.57. The molecular weight excluding hydrogens is 576 g/mol. The topological polar surface area (TPSA) is 330 Å². The number of H-pyrrole nitrogens is 2. The third-order valence-corrected chi connectivity index (χ3v) is 4.75. The first kappa shape index (κ1) is 33.6. The van der Waals surface area contributed by atoms with Crippen molar-refractivity contribution in [2.45, 2.75) is 13.0 Å². The van der Waals surface area contributed by atoms with Crippen LogP contribution in [0.4, 0.5) is 11.6 Å². The minimum Gasteiger partial charge on any atom is -0.479 e. The molecule has 0 bridgehead atoms. The van der Waals surface area contributed by atoms with Gasteiger partial charge in [0.2, 0.25) is 11.8 Å². The van der Waals surface area contributed by atoms with Crippen molar-refractivity contribution in [3.8, 4) is 0 Å². The van der Waals surface area contributed by atoms with Crippen LogP contribution in [0.3, 0.4) is 0 Å². The predicted octanol–water partition coefficient (Wildman–Crippen LogP) is -0.317. The molecule has 1 atom stereocenters. The largest absolute Gasteiger partial charge is 0.479 e. The number of carboxylic acid groups (broad SMARTS) is 1. The Balaban J connectivity index is 0.000000194. The number of nitrogens with zero attached hydrogens (tertiary/aromatic N) is 8. The van der Waals surface area contributed by atoms with Crippen LogP contribution in [0, 0.1) is 0 Å². The normalized spacial score (nSPS) is 10.2. The Morgan fingerprint density at radius 2 is 1.11 bits per heavy atom. The molecule has 19 nitrogen and oxygen atoms in total. The lowest BCUT2D eigenvalue weighted by Crippen LogP contribution is -2.13. The Labute approximate surface area is 247 Å². The SMILES string of the molecule is CC(O)C(=O)O.NC(=O)c1cccnc1.NC(=O)c1cccnc1.Nc1ncnc2nc[nH]c12.Nc1ncnc2nc[nH]c12. The zero-order valence-corrected chi connectivity index (χ0v) is 23.0. The molecule has 0 aromatic carbocycles. The number of aliphatic carboxylic acids is 1.